The van der Waals surface area contributed by atoms with Gasteiger partial charge in [0.1, 0.15) is 0 Å². The van der Waals surface area contributed by atoms with Crippen LogP contribution in [0.4, 0.5) is 10.5 Å². The van der Waals surface area contributed by atoms with Crippen molar-refractivity contribution >= 4 is 30.0 Å². The van der Waals surface area contributed by atoms with E-state index in [9.17, 15) is 9.59 Å². The summed E-state index contributed by atoms with van der Waals surface area (Å²) in [4.78, 5) is 27.1. The molecule has 3 amide bonds. The molecule has 1 fully saturated rings. The molecule has 6 nitrogen and oxygen atoms in total. The van der Waals surface area contributed by atoms with Gasteiger partial charge in [0.2, 0.25) is 5.91 Å². The van der Waals surface area contributed by atoms with Gasteiger partial charge < -0.3 is 21.3 Å². The van der Waals surface area contributed by atoms with Gasteiger partial charge in [-0.25, -0.2) is 4.79 Å². The highest BCUT2D eigenvalue weighted by Gasteiger charge is 2.38. The number of aryl methyl sites for hydroxylation is 1. The molecule has 1 aromatic carbocycles. The maximum absolute atomic E-state index is 13.0. The van der Waals surface area contributed by atoms with E-state index in [2.05, 4.69) is 10.6 Å². The first-order valence-corrected chi connectivity index (χ1v) is 10.0. The lowest BCUT2D eigenvalue weighted by Gasteiger charge is -2.39. The van der Waals surface area contributed by atoms with Crippen LogP contribution in [0.1, 0.15) is 45.1 Å². The Bertz CT molecular complexity index is 624. The van der Waals surface area contributed by atoms with Crippen molar-refractivity contribution in [1.29, 1.82) is 0 Å². The number of anilines is 1. The van der Waals surface area contributed by atoms with Crippen LogP contribution in [-0.4, -0.2) is 43.0 Å². The first-order chi connectivity index (χ1) is 12.9. The molecule has 28 heavy (non-hydrogen) atoms. The number of carbonyl (C=O) groups excluding carboxylic acids is 2. The van der Waals surface area contributed by atoms with E-state index in [1.807, 2.05) is 49.9 Å². The minimum absolute atomic E-state index is 0. The fourth-order valence-corrected chi connectivity index (χ4v) is 3.73. The van der Waals surface area contributed by atoms with Crippen LogP contribution in [0.2, 0.25) is 0 Å². The second-order valence-electron chi connectivity index (χ2n) is 7.65. The molecule has 1 aliphatic rings. The average molecular weight is 411 g/mol. The Morgan fingerprint density at radius 1 is 1.21 bits per heavy atom. The SMILES string of the molecule is CCC(CC)(CN)C(=O)N1CCCC(CNC(=O)Nc2ccc(C)cc2)C1.Cl. The summed E-state index contributed by atoms with van der Waals surface area (Å²) in [6.45, 7) is 8.50. The number of benzene rings is 1. The number of piperidine rings is 1. The van der Waals surface area contributed by atoms with Crippen molar-refractivity contribution in [1.82, 2.24) is 10.2 Å². The molecule has 2 rings (SSSR count). The number of carbonyl (C=O) groups is 2. The van der Waals surface area contributed by atoms with Crippen molar-refractivity contribution in [2.45, 2.75) is 46.5 Å². The van der Waals surface area contributed by atoms with E-state index >= 15 is 0 Å². The third kappa shape index (κ3) is 6.11. The van der Waals surface area contributed by atoms with Gasteiger partial charge in [-0.2, -0.15) is 0 Å². The van der Waals surface area contributed by atoms with Gasteiger partial charge >= 0.3 is 6.03 Å². The molecule has 0 spiro atoms. The number of amides is 3. The number of hydrogen-bond donors (Lipinski definition) is 3. The largest absolute Gasteiger partial charge is 0.342 e. The summed E-state index contributed by atoms with van der Waals surface area (Å²) in [6, 6.07) is 7.49. The van der Waals surface area contributed by atoms with Crippen LogP contribution in [-0.2, 0) is 4.79 Å². The van der Waals surface area contributed by atoms with E-state index in [-0.39, 0.29) is 30.3 Å². The molecular weight excluding hydrogens is 376 g/mol. The number of nitrogens with zero attached hydrogens (tertiary/aromatic N) is 1. The van der Waals surface area contributed by atoms with Crippen molar-refractivity contribution in [3.8, 4) is 0 Å². The molecule has 0 bridgehead atoms. The average Bonchev–Trinajstić information content (AvgIpc) is 2.70. The van der Waals surface area contributed by atoms with Crippen molar-refractivity contribution in [3.05, 3.63) is 29.8 Å². The highest BCUT2D eigenvalue weighted by atomic mass is 35.5. The highest BCUT2D eigenvalue weighted by Crippen LogP contribution is 2.30. The minimum atomic E-state index is -0.446. The van der Waals surface area contributed by atoms with Crippen LogP contribution in [0.25, 0.3) is 0 Å². The summed E-state index contributed by atoms with van der Waals surface area (Å²) in [5.41, 5.74) is 7.42. The van der Waals surface area contributed by atoms with Crippen LogP contribution in [0.5, 0.6) is 0 Å². The van der Waals surface area contributed by atoms with E-state index in [1.165, 1.54) is 0 Å². The monoisotopic (exact) mass is 410 g/mol. The zero-order valence-electron chi connectivity index (χ0n) is 17.3. The van der Waals surface area contributed by atoms with Crippen molar-refractivity contribution in [2.75, 3.05) is 31.5 Å². The molecule has 1 unspecified atom stereocenters. The summed E-state index contributed by atoms with van der Waals surface area (Å²) in [5, 5.41) is 5.79. The second-order valence-corrected chi connectivity index (χ2v) is 7.65. The van der Waals surface area contributed by atoms with E-state index in [1.54, 1.807) is 0 Å². The van der Waals surface area contributed by atoms with Crippen molar-refractivity contribution in [2.24, 2.45) is 17.1 Å². The third-order valence-electron chi connectivity index (χ3n) is 5.86. The van der Waals surface area contributed by atoms with E-state index < -0.39 is 5.41 Å². The number of nitrogens with one attached hydrogen (secondary N) is 2. The van der Waals surface area contributed by atoms with Crippen molar-refractivity contribution in [3.63, 3.8) is 0 Å². The zero-order valence-corrected chi connectivity index (χ0v) is 18.1. The lowest BCUT2D eigenvalue weighted by molar-refractivity contribution is -0.144. The van der Waals surface area contributed by atoms with E-state index in [0.29, 0.717) is 19.6 Å². The molecular formula is C21H35ClN4O2. The van der Waals surface area contributed by atoms with E-state index in [0.717, 1.165) is 43.5 Å². The second kappa shape index (κ2) is 11.3. The highest BCUT2D eigenvalue weighted by molar-refractivity contribution is 5.89. The molecule has 4 N–H and O–H groups in total. The first kappa shape index (κ1) is 24.2. The summed E-state index contributed by atoms with van der Waals surface area (Å²) >= 11 is 0. The molecule has 1 saturated heterocycles. The fourth-order valence-electron chi connectivity index (χ4n) is 3.73. The van der Waals surface area contributed by atoms with Gasteiger partial charge in [0.05, 0.1) is 5.41 Å². The number of hydrogen-bond acceptors (Lipinski definition) is 3. The fraction of sp³-hybridized carbons (Fsp3) is 0.619. The number of nitrogens with two attached hydrogens (primary N) is 1. The normalized spacial score (nSPS) is 16.9. The number of likely N-dealkylation sites (tertiary alicyclic amines) is 1. The first-order valence-electron chi connectivity index (χ1n) is 10.0. The molecule has 1 heterocycles. The van der Waals surface area contributed by atoms with Gasteiger partial charge in [0.15, 0.2) is 0 Å². The van der Waals surface area contributed by atoms with Gasteiger partial charge in [-0.15, -0.1) is 12.4 Å². The lowest BCUT2D eigenvalue weighted by atomic mass is 9.80. The van der Waals surface area contributed by atoms with E-state index in [4.69, 9.17) is 5.73 Å². The molecule has 0 radical (unpaired) electrons. The Labute approximate surface area is 175 Å². The summed E-state index contributed by atoms with van der Waals surface area (Å²) in [6.07, 6.45) is 3.50. The van der Waals surface area contributed by atoms with Crippen LogP contribution < -0.4 is 16.4 Å². The molecule has 7 heteroatoms. The molecule has 0 aliphatic carbocycles. The van der Waals surface area contributed by atoms with Crippen LogP contribution >= 0.6 is 12.4 Å². The molecule has 1 atom stereocenters. The maximum atomic E-state index is 13.0. The number of rotatable bonds is 7. The molecule has 0 aromatic heterocycles. The predicted octanol–water partition coefficient (Wildman–Crippen LogP) is 3.54. The van der Waals surface area contributed by atoms with Gasteiger partial charge in [-0.05, 0) is 50.7 Å². The van der Waals surface area contributed by atoms with Gasteiger partial charge in [0.25, 0.3) is 0 Å². The minimum Gasteiger partial charge on any atom is -0.342 e. The van der Waals surface area contributed by atoms with Crippen molar-refractivity contribution < 1.29 is 9.59 Å². The quantitative estimate of drug-likeness (QED) is 0.642. The third-order valence-corrected chi connectivity index (χ3v) is 5.86. The van der Waals surface area contributed by atoms with Gasteiger partial charge in [-0.1, -0.05) is 31.5 Å². The Morgan fingerprint density at radius 2 is 1.86 bits per heavy atom. The van der Waals surface area contributed by atoms with Crippen LogP contribution in [0.15, 0.2) is 24.3 Å². The van der Waals surface area contributed by atoms with Gasteiger partial charge in [-0.3, -0.25) is 4.79 Å². The standard InChI is InChI=1S/C21H34N4O2.ClH/c1-4-21(5-2,15-22)19(26)25-12-6-7-17(14-25)13-23-20(27)24-18-10-8-16(3)9-11-18;/h8-11,17H,4-7,12-15,22H2,1-3H3,(H2,23,24,27);1H. The Hall–Kier alpha value is -1.79. The topological polar surface area (TPSA) is 87.5 Å². The van der Waals surface area contributed by atoms with Crippen LogP contribution in [0.3, 0.4) is 0 Å². The van der Waals surface area contributed by atoms with Crippen LogP contribution in [0, 0.1) is 18.3 Å². The predicted molar refractivity (Wildman–Crippen MR) is 117 cm³/mol. The molecule has 158 valence electrons. The van der Waals surface area contributed by atoms with Gasteiger partial charge in [0, 0.05) is 31.9 Å². The summed E-state index contributed by atoms with van der Waals surface area (Å²) in [5.74, 6) is 0.444. The Kier molecular flexibility index (Phi) is 9.76. The lowest BCUT2D eigenvalue weighted by Crippen LogP contribution is -2.52. The zero-order chi connectivity index (χ0) is 19.9. The Balaban J connectivity index is 0.00000392. The smallest absolute Gasteiger partial charge is 0.319 e. The molecule has 1 aromatic rings. The molecule has 0 saturated carbocycles. The number of halogens is 1. The molecule has 1 aliphatic heterocycles. The Morgan fingerprint density at radius 3 is 2.43 bits per heavy atom. The summed E-state index contributed by atoms with van der Waals surface area (Å²) in [7, 11) is 0. The maximum Gasteiger partial charge on any atom is 0.319 e. The summed E-state index contributed by atoms with van der Waals surface area (Å²) < 4.78 is 0. The number of urea groups is 1.